The van der Waals surface area contributed by atoms with Gasteiger partial charge in [-0.15, -0.1) is 5.10 Å². The molecule has 1 fully saturated rings. The van der Waals surface area contributed by atoms with Crippen molar-refractivity contribution in [2.24, 2.45) is 0 Å². The maximum Gasteiger partial charge on any atom is 0.246 e. The van der Waals surface area contributed by atoms with Crippen LogP contribution in [0, 0.1) is 0 Å². The molecule has 140 valence electrons. The van der Waals surface area contributed by atoms with Gasteiger partial charge in [-0.3, -0.25) is 9.69 Å². The summed E-state index contributed by atoms with van der Waals surface area (Å²) in [5, 5.41) is 7.96. The Morgan fingerprint density at radius 2 is 1.81 bits per heavy atom. The van der Waals surface area contributed by atoms with E-state index in [9.17, 15) is 4.79 Å². The molecule has 0 bridgehead atoms. The molecule has 1 saturated heterocycles. The Labute approximate surface area is 158 Å². The number of benzene rings is 1. The number of carbonyl (C=O) groups is 1. The minimum Gasteiger partial charge on any atom is -0.339 e. The average molecular weight is 364 g/mol. The van der Waals surface area contributed by atoms with Crippen molar-refractivity contribution >= 4 is 17.7 Å². The fraction of sp³-hybridized carbons (Fsp3) is 0.450. The lowest BCUT2D eigenvalue weighted by molar-refractivity contribution is -0.117. The van der Waals surface area contributed by atoms with Gasteiger partial charge < -0.3 is 10.2 Å². The number of Topliss-reactive ketones (excluding diaryl/α,β-unsaturated/α-hetero) is 1. The monoisotopic (exact) mass is 364 g/mol. The third kappa shape index (κ3) is 3.23. The van der Waals surface area contributed by atoms with Gasteiger partial charge in [-0.25, -0.2) is 4.68 Å². The van der Waals surface area contributed by atoms with Gasteiger partial charge in [0.05, 0.1) is 18.8 Å². The summed E-state index contributed by atoms with van der Waals surface area (Å²) < 4.78 is 1.90. The molecule has 2 aromatic rings. The Morgan fingerprint density at radius 3 is 2.63 bits per heavy atom. The average Bonchev–Trinajstić information content (AvgIpc) is 3.11. The fourth-order valence-electron chi connectivity index (χ4n) is 4.18. The molecule has 0 aliphatic carbocycles. The lowest BCUT2D eigenvalue weighted by Crippen LogP contribution is -2.42. The van der Waals surface area contributed by atoms with Crippen LogP contribution in [0.5, 0.6) is 0 Å². The molecule has 0 spiro atoms. The maximum atomic E-state index is 12.7. The van der Waals surface area contributed by atoms with E-state index < -0.39 is 0 Å². The summed E-state index contributed by atoms with van der Waals surface area (Å²) in [5.74, 6) is 1.62. The molecule has 0 radical (unpaired) electrons. The van der Waals surface area contributed by atoms with Crippen molar-refractivity contribution < 1.29 is 4.79 Å². The summed E-state index contributed by atoms with van der Waals surface area (Å²) in [6, 6.07) is 10.3. The van der Waals surface area contributed by atoms with E-state index in [-0.39, 0.29) is 5.78 Å². The predicted octanol–water partition coefficient (Wildman–Crippen LogP) is 2.03. The van der Waals surface area contributed by atoms with Crippen LogP contribution in [0.15, 0.2) is 41.6 Å². The van der Waals surface area contributed by atoms with Gasteiger partial charge in [0, 0.05) is 26.2 Å². The van der Waals surface area contributed by atoms with Crippen molar-refractivity contribution in [1.82, 2.24) is 19.7 Å². The van der Waals surface area contributed by atoms with Crippen LogP contribution in [-0.4, -0.2) is 51.6 Å². The zero-order valence-corrected chi connectivity index (χ0v) is 15.4. The smallest absolute Gasteiger partial charge is 0.246 e. The highest BCUT2D eigenvalue weighted by Crippen LogP contribution is 2.27. The number of ketones is 1. The van der Waals surface area contributed by atoms with Crippen molar-refractivity contribution in [1.29, 1.82) is 0 Å². The number of nitrogens with zero attached hydrogens (tertiary/aromatic N) is 5. The van der Waals surface area contributed by atoms with Crippen molar-refractivity contribution in [3.63, 3.8) is 0 Å². The highest BCUT2D eigenvalue weighted by Gasteiger charge is 2.31. The van der Waals surface area contributed by atoms with E-state index in [2.05, 4.69) is 32.2 Å². The second-order valence-electron chi connectivity index (χ2n) is 7.60. The molecule has 27 heavy (non-hydrogen) atoms. The SMILES string of the molecule is O=C1CN(Cc2ccccc2)CC2=C1Nc1nc(N3CCCCC3)nn1C2. The molecule has 0 amide bonds. The van der Waals surface area contributed by atoms with Crippen LogP contribution in [0.25, 0.3) is 0 Å². The Kier molecular flexibility index (Phi) is 4.16. The van der Waals surface area contributed by atoms with Gasteiger partial charge >= 0.3 is 0 Å². The molecule has 0 saturated carbocycles. The Balaban J connectivity index is 1.33. The topological polar surface area (TPSA) is 66.3 Å². The molecule has 7 nitrogen and oxygen atoms in total. The summed E-state index contributed by atoms with van der Waals surface area (Å²) in [6.45, 7) is 4.66. The molecule has 0 atom stereocenters. The van der Waals surface area contributed by atoms with E-state index >= 15 is 0 Å². The normalized spacial score (nSPS) is 20.3. The molecule has 5 rings (SSSR count). The van der Waals surface area contributed by atoms with Gasteiger partial charge in [0.15, 0.2) is 5.78 Å². The molecular weight excluding hydrogens is 340 g/mol. The van der Waals surface area contributed by atoms with E-state index in [1.54, 1.807) is 0 Å². The number of piperidine rings is 1. The van der Waals surface area contributed by atoms with Crippen molar-refractivity contribution in [3.8, 4) is 0 Å². The standard InChI is InChI=1S/C20H24N6O/c27-17-14-24(11-15-7-3-1-4-8-15)12-16-13-26-19(21-18(16)17)22-20(23-26)25-9-5-2-6-10-25/h1,3-4,7-8H,2,5-6,9-14H2,(H,21,22,23). The Hall–Kier alpha value is -2.67. The summed E-state index contributed by atoms with van der Waals surface area (Å²) in [7, 11) is 0. The Morgan fingerprint density at radius 1 is 1.00 bits per heavy atom. The molecule has 4 heterocycles. The fourth-order valence-corrected chi connectivity index (χ4v) is 4.18. The second-order valence-corrected chi connectivity index (χ2v) is 7.60. The van der Waals surface area contributed by atoms with Gasteiger partial charge in [-0.1, -0.05) is 30.3 Å². The number of fused-ring (bicyclic) bond motifs is 1. The summed E-state index contributed by atoms with van der Waals surface area (Å²) in [5.41, 5.74) is 3.06. The molecular formula is C20H24N6O. The van der Waals surface area contributed by atoms with E-state index in [0.717, 1.165) is 43.4 Å². The third-order valence-electron chi connectivity index (χ3n) is 5.54. The van der Waals surface area contributed by atoms with Crippen molar-refractivity contribution in [2.45, 2.75) is 32.4 Å². The lowest BCUT2D eigenvalue weighted by Gasteiger charge is -2.32. The van der Waals surface area contributed by atoms with E-state index in [0.29, 0.717) is 19.0 Å². The van der Waals surface area contributed by atoms with Crippen LogP contribution in [0.2, 0.25) is 0 Å². The number of anilines is 2. The summed E-state index contributed by atoms with van der Waals surface area (Å²) in [6.07, 6.45) is 3.67. The summed E-state index contributed by atoms with van der Waals surface area (Å²) >= 11 is 0. The van der Waals surface area contributed by atoms with E-state index in [1.807, 2.05) is 22.9 Å². The number of carbonyl (C=O) groups excluding carboxylic acids is 1. The minimum absolute atomic E-state index is 0.140. The number of nitrogens with one attached hydrogen (secondary N) is 1. The largest absolute Gasteiger partial charge is 0.339 e. The zero-order valence-electron chi connectivity index (χ0n) is 15.4. The van der Waals surface area contributed by atoms with Crippen LogP contribution >= 0.6 is 0 Å². The van der Waals surface area contributed by atoms with Gasteiger partial charge in [0.1, 0.15) is 0 Å². The Bertz CT molecular complexity index is 881. The quantitative estimate of drug-likeness (QED) is 0.899. The number of hydrogen-bond acceptors (Lipinski definition) is 6. The van der Waals surface area contributed by atoms with Crippen molar-refractivity contribution in [3.05, 3.63) is 47.2 Å². The maximum absolute atomic E-state index is 12.7. The van der Waals surface area contributed by atoms with E-state index in [1.165, 1.54) is 24.8 Å². The lowest BCUT2D eigenvalue weighted by atomic mass is 10.0. The van der Waals surface area contributed by atoms with Crippen LogP contribution in [0.1, 0.15) is 24.8 Å². The first-order chi connectivity index (χ1) is 13.3. The molecule has 3 aliphatic rings. The van der Waals surface area contributed by atoms with Crippen LogP contribution in [-0.2, 0) is 17.9 Å². The minimum atomic E-state index is 0.140. The van der Waals surface area contributed by atoms with Gasteiger partial charge in [-0.2, -0.15) is 4.98 Å². The second kappa shape index (κ2) is 6.81. The van der Waals surface area contributed by atoms with Gasteiger partial charge in [0.25, 0.3) is 0 Å². The molecule has 0 unspecified atom stereocenters. The first-order valence-electron chi connectivity index (χ1n) is 9.74. The number of hydrogen-bond donors (Lipinski definition) is 1. The van der Waals surface area contributed by atoms with Crippen LogP contribution in [0.3, 0.4) is 0 Å². The van der Waals surface area contributed by atoms with Gasteiger partial charge in [0.2, 0.25) is 11.9 Å². The first-order valence-corrected chi connectivity index (χ1v) is 9.74. The molecule has 1 N–H and O–H groups in total. The third-order valence-corrected chi connectivity index (χ3v) is 5.54. The molecule has 1 aromatic carbocycles. The van der Waals surface area contributed by atoms with Crippen LogP contribution < -0.4 is 10.2 Å². The predicted molar refractivity (Wildman–Crippen MR) is 103 cm³/mol. The summed E-state index contributed by atoms with van der Waals surface area (Å²) in [4.78, 5) is 21.8. The molecule has 7 heteroatoms. The number of aromatic nitrogens is 3. The zero-order chi connectivity index (χ0) is 18.2. The molecule has 3 aliphatic heterocycles. The van der Waals surface area contributed by atoms with Crippen molar-refractivity contribution in [2.75, 3.05) is 36.4 Å². The van der Waals surface area contributed by atoms with Crippen LogP contribution in [0.4, 0.5) is 11.9 Å². The van der Waals surface area contributed by atoms with Gasteiger partial charge in [-0.05, 0) is 30.4 Å². The highest BCUT2D eigenvalue weighted by molar-refractivity contribution is 6.01. The number of rotatable bonds is 3. The van der Waals surface area contributed by atoms with E-state index in [4.69, 9.17) is 5.10 Å². The highest BCUT2D eigenvalue weighted by atomic mass is 16.1. The molecule has 1 aromatic heterocycles. The first kappa shape index (κ1) is 16.5.